The minimum atomic E-state index is -0.375. The minimum absolute atomic E-state index is 0. The number of carbonyl (C=O) groups is 2. The number of hydrogen-bond acceptors (Lipinski definition) is 2. The van der Waals surface area contributed by atoms with Gasteiger partial charge in [-0.15, -0.1) is 0 Å². The Labute approximate surface area is 88.6 Å². The second-order valence-corrected chi connectivity index (χ2v) is 1.25. The molecule has 0 aliphatic carbocycles. The van der Waals surface area contributed by atoms with Crippen molar-refractivity contribution in [3.63, 3.8) is 0 Å². The summed E-state index contributed by atoms with van der Waals surface area (Å²) in [6.07, 6.45) is -0.139. The van der Waals surface area contributed by atoms with Gasteiger partial charge in [-0.3, -0.25) is 0 Å². The molecule has 0 unspecified atom stereocenters. The van der Waals surface area contributed by atoms with Gasteiger partial charge in [-0.25, -0.2) is 0 Å². The first-order chi connectivity index (χ1) is 3.13. The Morgan fingerprint density at radius 3 is 1.30 bits per heavy atom. The zero-order valence-electron chi connectivity index (χ0n) is 5.52. The summed E-state index contributed by atoms with van der Waals surface area (Å²) < 4.78 is 0. The average molecular weight is 218 g/mol. The Morgan fingerprint density at radius 2 is 1.30 bits per heavy atom. The van der Waals surface area contributed by atoms with Crippen LogP contribution in [0.2, 0.25) is 0 Å². The van der Waals surface area contributed by atoms with Gasteiger partial charge in [0.1, 0.15) is 0 Å². The molecule has 0 aromatic rings. The second-order valence-electron chi connectivity index (χ2n) is 1.25. The van der Waals surface area contributed by atoms with Gasteiger partial charge in [0.25, 0.3) is 0 Å². The van der Waals surface area contributed by atoms with Gasteiger partial charge >= 0.3 is 32.7 Å². The van der Waals surface area contributed by atoms with Gasteiger partial charge < -0.3 is 30.9 Å². The molecule has 0 radical (unpaired) electrons. The fraction of sp³-hybridized carbons (Fsp3) is 0.286. The van der Waals surface area contributed by atoms with Crippen LogP contribution >= 0.6 is 0 Å². The summed E-state index contributed by atoms with van der Waals surface area (Å²) in [5.41, 5.74) is 0. The fourth-order valence-electron chi connectivity index (χ4n) is 0.220. The number of hydrogen-bond donors (Lipinski definition) is 0. The molecule has 0 amide bonds. The molecule has 0 fully saturated rings. The first-order valence-corrected chi connectivity index (χ1v) is 1.82. The summed E-state index contributed by atoms with van der Waals surface area (Å²) in [6.45, 7) is 5.96. The van der Waals surface area contributed by atoms with Crippen molar-refractivity contribution in [2.75, 3.05) is 0 Å². The van der Waals surface area contributed by atoms with E-state index in [0.717, 1.165) is 0 Å². The number of ketones is 2. The molecule has 3 heteroatoms. The van der Waals surface area contributed by atoms with Crippen LogP contribution in [0.15, 0.2) is 0 Å². The van der Waals surface area contributed by atoms with Gasteiger partial charge in [-0.05, 0) is 0 Å². The Kier molecular flexibility index (Phi) is 26.8. The first-order valence-electron chi connectivity index (χ1n) is 1.82. The van der Waals surface area contributed by atoms with Crippen molar-refractivity contribution < 1.29 is 42.3 Å². The van der Waals surface area contributed by atoms with E-state index in [0.29, 0.717) is 0 Å². The predicted molar refractivity (Wildman–Crippen MR) is 38.5 cm³/mol. The second kappa shape index (κ2) is 11.9. The average Bonchev–Trinajstić information content (AvgIpc) is 1.27. The van der Waals surface area contributed by atoms with Crippen LogP contribution in [0.4, 0.5) is 0 Å². The zero-order valence-corrected chi connectivity index (χ0v) is 8.35. The maximum Gasteiger partial charge on any atom is 3.00 e. The molecular weight excluding hydrogens is 205 g/mol. The smallest absolute Gasteiger partial charge is 0.358 e. The molecule has 0 N–H and O–H groups in total. The van der Waals surface area contributed by atoms with E-state index in [1.54, 1.807) is 0 Å². The normalized spacial score (nSPS) is 5.60. The van der Waals surface area contributed by atoms with E-state index < -0.39 is 0 Å². The van der Waals surface area contributed by atoms with Crippen LogP contribution in [-0.2, 0) is 42.3 Å². The molecule has 10 heavy (non-hydrogen) atoms. The van der Waals surface area contributed by atoms with Crippen molar-refractivity contribution in [3.05, 3.63) is 21.3 Å². The molecule has 0 saturated carbocycles. The van der Waals surface area contributed by atoms with Gasteiger partial charge in [-0.2, -0.15) is 0 Å². The molecule has 2 nitrogen and oxygen atoms in total. The first kappa shape index (κ1) is 22.5. The molecule has 0 spiro atoms. The molecule has 0 saturated heterocycles. The van der Waals surface area contributed by atoms with Crippen molar-refractivity contribution in [1.29, 1.82) is 0 Å². The summed E-state index contributed by atoms with van der Waals surface area (Å²) in [5, 5.41) is 0. The molecular formula is C7H13O2Y. The molecule has 0 aromatic carbocycles. The van der Waals surface area contributed by atoms with E-state index in [9.17, 15) is 9.59 Å². The Balaban J connectivity index is -0.0000000600. The largest absolute Gasteiger partial charge is 3.00 e. The van der Waals surface area contributed by atoms with Crippen LogP contribution in [-0.4, -0.2) is 11.6 Å². The number of Topliss-reactive ketones (excluding diaryl/α,β-unsaturated/α-hetero) is 2. The van der Waals surface area contributed by atoms with Crippen LogP contribution in [0.3, 0.4) is 0 Å². The van der Waals surface area contributed by atoms with Crippen molar-refractivity contribution in [2.45, 2.75) is 13.8 Å². The maximum absolute atomic E-state index is 9.88. The van der Waals surface area contributed by atoms with Crippen molar-refractivity contribution in [1.82, 2.24) is 0 Å². The van der Waals surface area contributed by atoms with E-state index in [1.165, 1.54) is 0 Å². The SMILES string of the molecule is C.[CH2-]C(=O)CC([CH2-])=O.[CH3-].[Y+3]. The van der Waals surface area contributed by atoms with Crippen LogP contribution in [0.25, 0.3) is 0 Å². The fourth-order valence-corrected chi connectivity index (χ4v) is 0.220. The molecule has 56 valence electrons. The molecule has 0 rings (SSSR count). The maximum atomic E-state index is 9.88. The number of rotatable bonds is 2. The summed E-state index contributed by atoms with van der Waals surface area (Å²) in [4.78, 5) is 19.8. The summed E-state index contributed by atoms with van der Waals surface area (Å²) in [6, 6.07) is 0. The van der Waals surface area contributed by atoms with Gasteiger partial charge in [0, 0.05) is 18.0 Å². The molecule has 0 atom stereocenters. The third kappa shape index (κ3) is 24.1. The van der Waals surface area contributed by atoms with Crippen LogP contribution in [0.1, 0.15) is 13.8 Å². The van der Waals surface area contributed by atoms with Crippen molar-refractivity contribution in [3.8, 4) is 0 Å². The zero-order chi connectivity index (χ0) is 5.86. The molecule has 0 aliphatic rings. The monoisotopic (exact) mass is 218 g/mol. The van der Waals surface area contributed by atoms with E-state index in [4.69, 9.17) is 0 Å². The van der Waals surface area contributed by atoms with Crippen LogP contribution < -0.4 is 0 Å². The van der Waals surface area contributed by atoms with Crippen LogP contribution in [0, 0.1) is 21.3 Å². The third-order valence-corrected chi connectivity index (χ3v) is 0.394. The third-order valence-electron chi connectivity index (χ3n) is 0.394. The van der Waals surface area contributed by atoms with E-state index >= 15 is 0 Å². The van der Waals surface area contributed by atoms with E-state index in [-0.39, 0.29) is 65.5 Å². The van der Waals surface area contributed by atoms with Crippen molar-refractivity contribution in [2.24, 2.45) is 0 Å². The predicted octanol–water partition coefficient (Wildman–Crippen LogP) is 1.27. The van der Waals surface area contributed by atoms with E-state index in [2.05, 4.69) is 13.8 Å². The summed E-state index contributed by atoms with van der Waals surface area (Å²) >= 11 is 0. The Hall–Kier alpha value is 0.184. The van der Waals surface area contributed by atoms with Crippen LogP contribution in [0.5, 0.6) is 0 Å². The number of carbonyl (C=O) groups excluding carboxylic acids is 2. The van der Waals surface area contributed by atoms with Gasteiger partial charge in [0.15, 0.2) is 0 Å². The summed E-state index contributed by atoms with van der Waals surface area (Å²) in [7, 11) is 0. The molecule has 0 heterocycles. The van der Waals surface area contributed by atoms with Gasteiger partial charge in [-0.1, -0.05) is 7.43 Å². The van der Waals surface area contributed by atoms with Gasteiger partial charge in [0.2, 0.25) is 0 Å². The Morgan fingerprint density at radius 1 is 1.10 bits per heavy atom. The standard InChI is InChI=1S/C5H6O2.CH4.CH3.Y/c1-4(6)3-5(2)7;;;/h1-3H2;1H4;1H3;/q-2;;-1;+3. The Bertz CT molecular complexity index is 87.8. The molecule has 0 aromatic heterocycles. The van der Waals surface area contributed by atoms with Gasteiger partial charge in [0.05, 0.1) is 0 Å². The van der Waals surface area contributed by atoms with Crippen molar-refractivity contribution >= 4 is 11.6 Å². The minimum Gasteiger partial charge on any atom is -0.358 e. The topological polar surface area (TPSA) is 34.1 Å². The molecule has 0 aliphatic heterocycles. The quantitative estimate of drug-likeness (QED) is 0.516. The summed E-state index contributed by atoms with van der Waals surface area (Å²) in [5.74, 6) is -0.750. The van der Waals surface area contributed by atoms with E-state index in [1.807, 2.05) is 0 Å². The molecule has 0 bridgehead atoms.